The summed E-state index contributed by atoms with van der Waals surface area (Å²) in [6.07, 6.45) is 0. The lowest BCUT2D eigenvalue weighted by molar-refractivity contribution is 0.0527. The van der Waals surface area contributed by atoms with Crippen LogP contribution < -0.4 is 11.1 Å². The number of thiophene rings is 1. The molecule has 0 unspecified atom stereocenters. The molecule has 0 atom stereocenters. The fourth-order valence-corrected chi connectivity index (χ4v) is 3.92. The predicted molar refractivity (Wildman–Crippen MR) is 105 cm³/mol. The molecule has 1 heterocycles. The zero-order valence-electron chi connectivity index (χ0n) is 14.9. The average Bonchev–Trinajstić information content (AvgIpc) is 2.97. The molecule has 0 aliphatic heterocycles. The average molecular weight is 382 g/mol. The van der Waals surface area contributed by atoms with E-state index >= 15 is 0 Å². The number of carbonyl (C=O) groups excluding carboxylic acids is 3. The van der Waals surface area contributed by atoms with E-state index < -0.39 is 11.9 Å². The summed E-state index contributed by atoms with van der Waals surface area (Å²) in [4.78, 5) is 37.1. The van der Waals surface area contributed by atoms with E-state index in [-0.39, 0.29) is 28.0 Å². The normalized spacial score (nSPS) is 10.6. The molecule has 1 aromatic heterocycles. The highest BCUT2D eigenvalue weighted by atomic mass is 32.1. The van der Waals surface area contributed by atoms with Crippen LogP contribution in [-0.2, 0) is 4.74 Å². The third-order valence-corrected chi connectivity index (χ3v) is 5.33. The number of benzene rings is 2. The third-order valence-electron chi connectivity index (χ3n) is 4.11. The summed E-state index contributed by atoms with van der Waals surface area (Å²) in [5.41, 5.74) is 6.42. The number of rotatable bonds is 5. The Hall–Kier alpha value is -3.19. The zero-order valence-corrected chi connectivity index (χ0v) is 15.7. The number of ether oxygens (including phenoxy) is 1. The summed E-state index contributed by atoms with van der Waals surface area (Å²) in [5.74, 6) is -1.64. The van der Waals surface area contributed by atoms with Gasteiger partial charge in [-0.05, 0) is 36.2 Å². The van der Waals surface area contributed by atoms with Crippen LogP contribution in [0.2, 0.25) is 0 Å². The number of anilines is 1. The van der Waals surface area contributed by atoms with E-state index in [0.717, 1.165) is 22.1 Å². The van der Waals surface area contributed by atoms with E-state index in [1.165, 1.54) is 0 Å². The standard InChI is InChI=1S/C20H18N2O4S/c1-3-26-20(25)15-11(2)16(17(21)23)27-19(15)22-18(24)14-10-6-8-12-7-4-5-9-13(12)14/h4-10H,3H2,1-2H3,(H2,21,23)(H,22,24). The van der Waals surface area contributed by atoms with Crippen LogP contribution in [-0.4, -0.2) is 24.4 Å². The fraction of sp³-hybridized carbons (Fsp3) is 0.150. The summed E-state index contributed by atoms with van der Waals surface area (Å²) in [6, 6.07) is 12.9. The lowest BCUT2D eigenvalue weighted by atomic mass is 10.0. The van der Waals surface area contributed by atoms with E-state index in [4.69, 9.17) is 10.5 Å². The van der Waals surface area contributed by atoms with E-state index in [0.29, 0.717) is 11.1 Å². The molecule has 3 aromatic rings. The highest BCUT2D eigenvalue weighted by Crippen LogP contribution is 2.34. The molecule has 7 heteroatoms. The Balaban J connectivity index is 2.04. The second-order valence-electron chi connectivity index (χ2n) is 5.83. The van der Waals surface area contributed by atoms with Crippen molar-refractivity contribution in [3.8, 4) is 0 Å². The minimum atomic E-state index is -0.659. The van der Waals surface area contributed by atoms with Crippen LogP contribution in [0.3, 0.4) is 0 Å². The van der Waals surface area contributed by atoms with Gasteiger partial charge in [0.05, 0.1) is 17.0 Å². The first kappa shape index (κ1) is 18.6. The first-order chi connectivity index (χ1) is 12.9. The van der Waals surface area contributed by atoms with Crippen LogP contribution in [0.1, 0.15) is 42.9 Å². The van der Waals surface area contributed by atoms with Crippen LogP contribution in [0, 0.1) is 6.92 Å². The van der Waals surface area contributed by atoms with Crippen molar-refractivity contribution in [2.24, 2.45) is 5.73 Å². The molecule has 0 saturated heterocycles. The second-order valence-corrected chi connectivity index (χ2v) is 6.85. The van der Waals surface area contributed by atoms with Gasteiger partial charge in [-0.15, -0.1) is 11.3 Å². The molecule has 27 heavy (non-hydrogen) atoms. The van der Waals surface area contributed by atoms with Gasteiger partial charge >= 0.3 is 5.97 Å². The Bertz CT molecular complexity index is 1050. The molecular formula is C20H18N2O4S. The first-order valence-electron chi connectivity index (χ1n) is 8.33. The van der Waals surface area contributed by atoms with Crippen LogP contribution in [0.15, 0.2) is 42.5 Å². The van der Waals surface area contributed by atoms with Crippen LogP contribution in [0.5, 0.6) is 0 Å². The molecule has 0 saturated carbocycles. The molecule has 0 bridgehead atoms. The van der Waals surface area contributed by atoms with Gasteiger partial charge in [-0.1, -0.05) is 36.4 Å². The molecule has 0 fully saturated rings. The number of nitrogens with two attached hydrogens (primary N) is 1. The van der Waals surface area contributed by atoms with Gasteiger partial charge in [0, 0.05) is 5.56 Å². The van der Waals surface area contributed by atoms with E-state index in [9.17, 15) is 14.4 Å². The second kappa shape index (κ2) is 7.59. The number of esters is 1. The summed E-state index contributed by atoms with van der Waals surface area (Å²) in [5, 5.41) is 4.71. The van der Waals surface area contributed by atoms with Gasteiger partial charge in [0.1, 0.15) is 5.00 Å². The Morgan fingerprint density at radius 2 is 1.81 bits per heavy atom. The van der Waals surface area contributed by atoms with Gasteiger partial charge in [-0.2, -0.15) is 0 Å². The van der Waals surface area contributed by atoms with Gasteiger partial charge in [0.15, 0.2) is 0 Å². The van der Waals surface area contributed by atoms with Crippen molar-refractivity contribution in [3.63, 3.8) is 0 Å². The Morgan fingerprint density at radius 1 is 1.11 bits per heavy atom. The quantitative estimate of drug-likeness (QED) is 0.657. The first-order valence-corrected chi connectivity index (χ1v) is 9.15. The number of primary amides is 1. The van der Waals surface area contributed by atoms with E-state index in [2.05, 4.69) is 5.32 Å². The van der Waals surface area contributed by atoms with Gasteiger partial charge < -0.3 is 15.8 Å². The van der Waals surface area contributed by atoms with Crippen LogP contribution in [0.4, 0.5) is 5.00 Å². The van der Waals surface area contributed by atoms with Crippen molar-refractivity contribution in [2.75, 3.05) is 11.9 Å². The Morgan fingerprint density at radius 3 is 2.52 bits per heavy atom. The van der Waals surface area contributed by atoms with Crippen molar-refractivity contribution in [1.82, 2.24) is 0 Å². The molecule has 138 valence electrons. The monoisotopic (exact) mass is 382 g/mol. The number of carbonyl (C=O) groups is 3. The van der Waals surface area contributed by atoms with E-state index in [1.807, 2.05) is 30.3 Å². The van der Waals surface area contributed by atoms with Gasteiger partial charge in [-0.3, -0.25) is 9.59 Å². The molecule has 3 rings (SSSR count). The van der Waals surface area contributed by atoms with Crippen LogP contribution in [0.25, 0.3) is 10.8 Å². The van der Waals surface area contributed by atoms with E-state index in [1.54, 1.807) is 26.0 Å². The summed E-state index contributed by atoms with van der Waals surface area (Å²) in [6.45, 7) is 3.47. The Kier molecular flexibility index (Phi) is 5.23. The molecule has 3 N–H and O–H groups in total. The molecule has 6 nitrogen and oxygen atoms in total. The maximum atomic E-state index is 12.9. The highest BCUT2D eigenvalue weighted by Gasteiger charge is 2.26. The zero-order chi connectivity index (χ0) is 19.6. The van der Waals surface area contributed by atoms with Crippen molar-refractivity contribution < 1.29 is 19.1 Å². The lowest BCUT2D eigenvalue weighted by Gasteiger charge is -2.09. The molecular weight excluding hydrogens is 364 g/mol. The smallest absolute Gasteiger partial charge is 0.341 e. The molecule has 2 aromatic carbocycles. The molecule has 0 spiro atoms. The van der Waals surface area contributed by atoms with Crippen molar-refractivity contribution in [3.05, 3.63) is 64.0 Å². The van der Waals surface area contributed by atoms with Crippen molar-refractivity contribution >= 4 is 44.9 Å². The summed E-state index contributed by atoms with van der Waals surface area (Å²) in [7, 11) is 0. The molecule has 0 radical (unpaired) electrons. The maximum Gasteiger partial charge on any atom is 0.341 e. The Labute approximate surface area is 159 Å². The molecule has 0 aliphatic carbocycles. The molecule has 2 amide bonds. The highest BCUT2D eigenvalue weighted by molar-refractivity contribution is 7.18. The van der Waals surface area contributed by atoms with Crippen LogP contribution >= 0.6 is 11.3 Å². The van der Waals surface area contributed by atoms with Crippen molar-refractivity contribution in [1.29, 1.82) is 0 Å². The summed E-state index contributed by atoms with van der Waals surface area (Å²) >= 11 is 0.969. The molecule has 0 aliphatic rings. The minimum absolute atomic E-state index is 0.157. The fourth-order valence-electron chi connectivity index (χ4n) is 2.88. The SMILES string of the molecule is CCOC(=O)c1c(NC(=O)c2cccc3ccccc23)sc(C(N)=O)c1C. The number of hydrogen-bond acceptors (Lipinski definition) is 5. The predicted octanol–water partition coefficient (Wildman–Crippen LogP) is 3.74. The van der Waals surface area contributed by atoms with Gasteiger partial charge in [0.2, 0.25) is 0 Å². The number of fused-ring (bicyclic) bond motifs is 1. The van der Waals surface area contributed by atoms with Gasteiger partial charge in [0.25, 0.3) is 11.8 Å². The lowest BCUT2D eigenvalue weighted by Crippen LogP contribution is -2.15. The minimum Gasteiger partial charge on any atom is -0.462 e. The number of nitrogens with one attached hydrogen (secondary N) is 1. The maximum absolute atomic E-state index is 12.9. The topological polar surface area (TPSA) is 98.5 Å². The number of amides is 2. The summed E-state index contributed by atoms with van der Waals surface area (Å²) < 4.78 is 5.06. The van der Waals surface area contributed by atoms with Crippen molar-refractivity contribution in [2.45, 2.75) is 13.8 Å². The van der Waals surface area contributed by atoms with Gasteiger partial charge in [-0.25, -0.2) is 4.79 Å². The number of hydrogen-bond donors (Lipinski definition) is 2. The third kappa shape index (κ3) is 3.54. The largest absolute Gasteiger partial charge is 0.462 e.